The average molecular weight is 567 g/mol. The van der Waals surface area contributed by atoms with Crippen LogP contribution in [0.3, 0.4) is 0 Å². The number of aliphatic carboxylic acids is 2. The van der Waals surface area contributed by atoms with E-state index in [-0.39, 0.29) is 23.7 Å². The molecule has 0 aromatic heterocycles. The van der Waals surface area contributed by atoms with E-state index in [0.717, 1.165) is 60.0 Å². The van der Waals surface area contributed by atoms with E-state index in [0.29, 0.717) is 6.42 Å². The number of benzene rings is 5. The lowest BCUT2D eigenvalue weighted by molar-refractivity contribution is -0.157. The van der Waals surface area contributed by atoms with Crippen LogP contribution in [0.5, 0.6) is 5.75 Å². The van der Waals surface area contributed by atoms with E-state index in [2.05, 4.69) is 60.7 Å². The number of carboxylic acid groups (broad SMARTS) is 2. The SMILES string of the molecule is COc1ccc2c(c1)c1c(c3ccccc32)=C(c2ccccc2)C2C(C=1c1ccccc1)[C@@H]1C[C@H]2C(C(=O)O)C1C(=O)O. The molecular weight excluding hydrogens is 536 g/mol. The fraction of sp³-hybridized carbons (Fsp3) is 0.211. The van der Waals surface area contributed by atoms with Crippen LogP contribution in [0.1, 0.15) is 17.5 Å². The van der Waals surface area contributed by atoms with Crippen molar-refractivity contribution in [2.45, 2.75) is 6.42 Å². The van der Waals surface area contributed by atoms with E-state index < -0.39 is 23.8 Å². The molecule has 0 spiro atoms. The van der Waals surface area contributed by atoms with Gasteiger partial charge in [-0.05, 0) is 96.5 Å². The molecule has 43 heavy (non-hydrogen) atoms. The number of rotatable bonds is 5. The summed E-state index contributed by atoms with van der Waals surface area (Å²) in [4.78, 5) is 25.6. The van der Waals surface area contributed by atoms with Crippen molar-refractivity contribution in [1.82, 2.24) is 0 Å². The smallest absolute Gasteiger partial charge is 0.307 e. The molecule has 5 aromatic rings. The molecule has 5 aromatic carbocycles. The fourth-order valence-corrected chi connectivity index (χ4v) is 8.97. The highest BCUT2D eigenvalue weighted by Gasteiger charge is 2.64. The van der Waals surface area contributed by atoms with Gasteiger partial charge in [-0.1, -0.05) is 91.0 Å². The summed E-state index contributed by atoms with van der Waals surface area (Å²) in [7, 11) is 1.67. The van der Waals surface area contributed by atoms with Gasteiger partial charge in [0.05, 0.1) is 18.9 Å². The molecule has 0 amide bonds. The topological polar surface area (TPSA) is 83.8 Å². The molecule has 2 bridgehead atoms. The quantitative estimate of drug-likeness (QED) is 0.267. The third kappa shape index (κ3) is 3.57. The van der Waals surface area contributed by atoms with Gasteiger partial charge in [0.2, 0.25) is 0 Å². The molecule has 8 rings (SSSR count). The second kappa shape index (κ2) is 9.56. The van der Waals surface area contributed by atoms with Crippen molar-refractivity contribution in [2.75, 3.05) is 7.11 Å². The van der Waals surface area contributed by atoms with Gasteiger partial charge in [-0.25, -0.2) is 0 Å². The lowest BCUT2D eigenvalue weighted by Crippen LogP contribution is -2.49. The Hall–Kier alpha value is -4.90. The van der Waals surface area contributed by atoms with E-state index in [1.54, 1.807) is 7.11 Å². The van der Waals surface area contributed by atoms with E-state index in [9.17, 15) is 19.8 Å². The molecule has 3 aliphatic carbocycles. The van der Waals surface area contributed by atoms with Gasteiger partial charge in [0.1, 0.15) is 5.75 Å². The van der Waals surface area contributed by atoms with Crippen LogP contribution in [0.4, 0.5) is 0 Å². The lowest BCUT2D eigenvalue weighted by atomic mass is 9.59. The van der Waals surface area contributed by atoms with Crippen LogP contribution in [0, 0.1) is 35.5 Å². The van der Waals surface area contributed by atoms with Crippen molar-refractivity contribution >= 4 is 44.6 Å². The Morgan fingerprint density at radius 3 is 1.58 bits per heavy atom. The molecule has 0 radical (unpaired) electrons. The van der Waals surface area contributed by atoms with Crippen LogP contribution in [0.2, 0.25) is 0 Å². The van der Waals surface area contributed by atoms with E-state index in [4.69, 9.17) is 4.74 Å². The maximum Gasteiger partial charge on any atom is 0.307 e. The van der Waals surface area contributed by atoms with Gasteiger partial charge in [-0.15, -0.1) is 0 Å². The summed E-state index contributed by atoms with van der Waals surface area (Å²) in [6, 6.07) is 35.2. The van der Waals surface area contributed by atoms with Crippen LogP contribution >= 0.6 is 0 Å². The monoisotopic (exact) mass is 566 g/mol. The molecule has 2 fully saturated rings. The highest BCUT2D eigenvalue weighted by molar-refractivity contribution is 6.10. The van der Waals surface area contributed by atoms with Gasteiger partial charge in [0.15, 0.2) is 0 Å². The molecule has 3 aliphatic rings. The highest BCUT2D eigenvalue weighted by atomic mass is 16.5. The van der Waals surface area contributed by atoms with Crippen molar-refractivity contribution in [1.29, 1.82) is 0 Å². The second-order valence-electron chi connectivity index (χ2n) is 12.1. The molecule has 2 saturated carbocycles. The fourth-order valence-electron chi connectivity index (χ4n) is 8.97. The van der Waals surface area contributed by atoms with Crippen LogP contribution in [0.25, 0.3) is 32.7 Å². The summed E-state index contributed by atoms with van der Waals surface area (Å²) in [5, 5.41) is 27.5. The number of fused-ring (bicyclic) bond motifs is 11. The van der Waals surface area contributed by atoms with Crippen molar-refractivity contribution in [3.8, 4) is 5.75 Å². The van der Waals surface area contributed by atoms with Crippen molar-refractivity contribution in [3.63, 3.8) is 0 Å². The van der Waals surface area contributed by atoms with Crippen molar-refractivity contribution < 1.29 is 24.5 Å². The molecule has 4 unspecified atom stereocenters. The first-order valence-electron chi connectivity index (χ1n) is 14.8. The highest BCUT2D eigenvalue weighted by Crippen LogP contribution is 2.64. The summed E-state index contributed by atoms with van der Waals surface area (Å²) in [6.45, 7) is 0. The van der Waals surface area contributed by atoms with E-state index in [1.807, 2.05) is 42.5 Å². The zero-order valence-corrected chi connectivity index (χ0v) is 23.6. The molecule has 5 nitrogen and oxygen atoms in total. The summed E-state index contributed by atoms with van der Waals surface area (Å²) >= 11 is 0. The molecule has 0 aliphatic heterocycles. The van der Waals surface area contributed by atoms with Gasteiger partial charge in [-0.2, -0.15) is 0 Å². The number of hydrogen-bond donors (Lipinski definition) is 2. The van der Waals surface area contributed by atoms with Crippen LogP contribution in [-0.2, 0) is 9.59 Å². The zero-order valence-electron chi connectivity index (χ0n) is 23.6. The number of ether oxygens (including phenoxy) is 1. The first-order valence-corrected chi connectivity index (χ1v) is 14.8. The first-order chi connectivity index (χ1) is 21.0. The third-order valence-electron chi connectivity index (χ3n) is 10.3. The normalized spacial score (nSPS) is 25.5. The standard InChI is InChI=1S/C38H30O5/c1-43-22-16-17-24-23-14-8-9-15-25(23)31-29(20-10-4-2-5-11-20)33-27-19-28(36(38(41)42)35(27)37(39)40)34(33)30(32(31)26(24)18-22)21-12-6-3-7-13-21/h2-18,27-28,33-36H,19H2,1H3,(H,39,40)(H,41,42)/t27-,28+,33?,34?,35?,36?/m1/s1. The Labute approximate surface area is 248 Å². The number of methoxy groups -OCH3 is 1. The Bertz CT molecular complexity index is 2080. The van der Waals surface area contributed by atoms with Crippen molar-refractivity contribution in [3.05, 3.63) is 125 Å². The van der Waals surface area contributed by atoms with Crippen LogP contribution < -0.4 is 15.2 Å². The average Bonchev–Trinajstić information content (AvgIpc) is 3.62. The maximum absolute atomic E-state index is 12.8. The molecular formula is C38H30O5. The van der Waals surface area contributed by atoms with E-state index in [1.165, 1.54) is 0 Å². The number of carboxylic acids is 2. The Balaban J connectivity index is 1.66. The first kappa shape index (κ1) is 25.8. The summed E-state index contributed by atoms with van der Waals surface area (Å²) in [5.41, 5.74) is 4.35. The van der Waals surface area contributed by atoms with Gasteiger partial charge in [-0.3, -0.25) is 9.59 Å². The molecule has 2 N–H and O–H groups in total. The maximum atomic E-state index is 12.8. The predicted octanol–water partition coefficient (Wildman–Crippen LogP) is 5.70. The second-order valence-corrected chi connectivity index (χ2v) is 12.1. The largest absolute Gasteiger partial charge is 0.497 e. The predicted molar refractivity (Wildman–Crippen MR) is 166 cm³/mol. The molecule has 0 saturated heterocycles. The lowest BCUT2D eigenvalue weighted by Gasteiger charge is -2.43. The van der Waals surface area contributed by atoms with Gasteiger partial charge < -0.3 is 14.9 Å². The van der Waals surface area contributed by atoms with Gasteiger partial charge in [0.25, 0.3) is 0 Å². The van der Waals surface area contributed by atoms with Gasteiger partial charge >= 0.3 is 11.9 Å². The summed E-state index contributed by atoms with van der Waals surface area (Å²) < 4.78 is 5.74. The molecule has 0 heterocycles. The minimum absolute atomic E-state index is 0.140. The summed E-state index contributed by atoms with van der Waals surface area (Å²) in [5.74, 6) is -4.04. The van der Waals surface area contributed by atoms with Crippen LogP contribution in [-0.4, -0.2) is 29.3 Å². The van der Waals surface area contributed by atoms with Crippen molar-refractivity contribution in [2.24, 2.45) is 35.5 Å². The minimum Gasteiger partial charge on any atom is -0.497 e. The number of hydrogen-bond acceptors (Lipinski definition) is 3. The minimum atomic E-state index is -1.01. The third-order valence-corrected chi connectivity index (χ3v) is 10.3. The molecule has 5 heteroatoms. The van der Waals surface area contributed by atoms with Crippen LogP contribution in [0.15, 0.2) is 103 Å². The van der Waals surface area contributed by atoms with E-state index >= 15 is 0 Å². The zero-order chi connectivity index (χ0) is 29.4. The summed E-state index contributed by atoms with van der Waals surface area (Å²) in [6.07, 6.45) is 0.573. The Kier molecular flexibility index (Phi) is 5.73. The Morgan fingerprint density at radius 1 is 0.605 bits per heavy atom. The Morgan fingerprint density at radius 2 is 1.07 bits per heavy atom. The molecule has 212 valence electrons. The number of carbonyl (C=O) groups is 2. The van der Waals surface area contributed by atoms with Gasteiger partial charge in [0, 0.05) is 0 Å². The molecule has 6 atom stereocenters.